The number of carbonyl (C=O) groups excluding carboxylic acids is 1. The highest BCUT2D eigenvalue weighted by atomic mass is 16.7. The van der Waals surface area contributed by atoms with Crippen LogP contribution in [0.1, 0.15) is 108 Å². The van der Waals surface area contributed by atoms with Crippen LogP contribution >= 0.6 is 0 Å². The number of esters is 1. The predicted octanol–water partition coefficient (Wildman–Crippen LogP) is 2.43. The Morgan fingerprint density at radius 1 is 0.907 bits per heavy atom. The smallest absolute Gasteiger partial charge is 0.311 e. The number of nitrogens with zero attached hydrogens (tertiary/aromatic N) is 2. The molecular weight excluding hydrogens is 700 g/mol. The van der Waals surface area contributed by atoms with Gasteiger partial charge in [0.25, 0.3) is 0 Å². The Balaban J connectivity index is 1.80. The van der Waals surface area contributed by atoms with Gasteiger partial charge in [0, 0.05) is 38.1 Å². The van der Waals surface area contributed by atoms with Crippen molar-refractivity contribution in [2.45, 2.75) is 198 Å². The summed E-state index contributed by atoms with van der Waals surface area (Å²) in [5.41, 5.74) is -4.36. The number of hydrogen-bond donors (Lipinski definition) is 5. The summed E-state index contributed by atoms with van der Waals surface area (Å²) in [5.74, 6) is -2.55. The third-order valence-corrected chi connectivity index (χ3v) is 13.2. The third-order valence-electron chi connectivity index (χ3n) is 13.2. The Bertz CT molecular complexity index is 1200. The summed E-state index contributed by atoms with van der Waals surface area (Å²) in [6, 6.07) is -0.713. The highest BCUT2D eigenvalue weighted by Gasteiger charge is 2.53. The molecule has 14 heteroatoms. The Morgan fingerprint density at radius 3 is 2.13 bits per heavy atom. The van der Waals surface area contributed by atoms with Crippen LogP contribution in [0.4, 0.5) is 0 Å². The standard InChI is InChI=1S/C40H74N2O12/c1-13-29-40(10,48)33(44)26(6)41(11)21-22(2)19-38(8,47)35(54-37-31(43)28(18-23(3)50-37)42-16-14-15-17-42)24(4)32(25(5)36(46)52-29)53-30-20-39(9,49-12)34(45)27(7)51-30/h22-35,37,43-45,47-48H,13-21H2,1-12H3/t22-,23-,24+,25-,26-,27+,28+,29-,30+,31-,32+,33-,34+,35-,37+,38-,39-,40-/m1/s1. The first kappa shape index (κ1) is 45.7. The van der Waals surface area contributed by atoms with E-state index in [0.29, 0.717) is 13.0 Å². The molecule has 0 unspecified atom stereocenters. The number of aliphatic hydroxyl groups is 5. The first-order chi connectivity index (χ1) is 25.1. The maximum absolute atomic E-state index is 14.3. The van der Waals surface area contributed by atoms with Crippen LogP contribution in [-0.4, -0.2) is 165 Å². The summed E-state index contributed by atoms with van der Waals surface area (Å²) in [4.78, 5) is 18.5. The van der Waals surface area contributed by atoms with Crippen molar-refractivity contribution >= 4 is 5.97 Å². The molecule has 0 bridgehead atoms. The average Bonchev–Trinajstić information content (AvgIpc) is 3.64. The second-order valence-electron chi connectivity index (χ2n) is 17.9. The lowest BCUT2D eigenvalue weighted by Crippen LogP contribution is -2.61. The molecule has 4 saturated heterocycles. The molecule has 4 heterocycles. The fourth-order valence-corrected chi connectivity index (χ4v) is 9.66. The zero-order valence-electron chi connectivity index (χ0n) is 35.0. The van der Waals surface area contributed by atoms with Gasteiger partial charge in [0.1, 0.15) is 30.0 Å². The molecule has 4 aliphatic rings. The minimum atomic E-state index is -1.80. The highest BCUT2D eigenvalue weighted by molar-refractivity contribution is 5.73. The summed E-state index contributed by atoms with van der Waals surface area (Å²) in [6.07, 6.45) is -5.83. The SMILES string of the molecule is CC[C@H]1OC(=O)[C@H](C)[C@@H](O[C@H]2C[C@@](C)(OC)[C@@H](O)[C@H](C)O2)[C@H](C)[C@@H](O[C@@H]2O[C@H](C)C[C@H](N3CCCC3)[C@H]2O)[C@](C)(O)C[C@@H](C)CN(C)[C@H](C)[C@@H](O)[C@]1(C)O. The van der Waals surface area contributed by atoms with Crippen LogP contribution in [-0.2, 0) is 33.2 Å². The van der Waals surface area contributed by atoms with E-state index in [2.05, 4.69) is 4.90 Å². The van der Waals surface area contributed by atoms with Crippen molar-refractivity contribution in [1.82, 2.24) is 9.80 Å². The molecule has 54 heavy (non-hydrogen) atoms. The van der Waals surface area contributed by atoms with Crippen molar-refractivity contribution in [2.24, 2.45) is 17.8 Å². The lowest BCUT2D eigenvalue weighted by atomic mass is 9.77. The van der Waals surface area contributed by atoms with Crippen molar-refractivity contribution in [3.63, 3.8) is 0 Å². The van der Waals surface area contributed by atoms with E-state index in [1.165, 1.54) is 14.0 Å². The lowest BCUT2D eigenvalue weighted by molar-refractivity contribution is -0.318. The molecule has 5 N–H and O–H groups in total. The molecule has 0 aromatic heterocycles. The van der Waals surface area contributed by atoms with Crippen LogP contribution in [0.3, 0.4) is 0 Å². The van der Waals surface area contributed by atoms with Crippen molar-refractivity contribution < 1.29 is 58.7 Å². The second kappa shape index (κ2) is 18.3. The number of cyclic esters (lactones) is 1. The van der Waals surface area contributed by atoms with Gasteiger partial charge in [-0.1, -0.05) is 20.8 Å². The fourth-order valence-electron chi connectivity index (χ4n) is 9.66. The van der Waals surface area contributed by atoms with Gasteiger partial charge in [-0.05, 0) is 107 Å². The molecule has 4 rings (SSSR count). The molecule has 0 amide bonds. The number of rotatable bonds is 7. The van der Waals surface area contributed by atoms with Gasteiger partial charge in [-0.3, -0.25) is 9.69 Å². The van der Waals surface area contributed by atoms with Gasteiger partial charge in [0.2, 0.25) is 0 Å². The number of likely N-dealkylation sites (N-methyl/N-ethyl adjacent to an activating group) is 1. The van der Waals surface area contributed by atoms with Gasteiger partial charge in [-0.25, -0.2) is 0 Å². The topological polar surface area (TPSA) is 180 Å². The van der Waals surface area contributed by atoms with Gasteiger partial charge < -0.3 is 58.9 Å². The molecule has 14 nitrogen and oxygen atoms in total. The number of carbonyl (C=O) groups is 1. The Hall–Kier alpha value is -1.01. The number of ether oxygens (including phenoxy) is 6. The van der Waals surface area contributed by atoms with E-state index in [-0.39, 0.29) is 37.3 Å². The Kier molecular flexibility index (Phi) is 15.5. The van der Waals surface area contributed by atoms with Gasteiger partial charge in [0.05, 0.1) is 41.5 Å². The van der Waals surface area contributed by atoms with Crippen molar-refractivity contribution in [1.29, 1.82) is 0 Å². The average molecular weight is 775 g/mol. The van der Waals surface area contributed by atoms with Crippen LogP contribution in [0.5, 0.6) is 0 Å². The summed E-state index contributed by atoms with van der Waals surface area (Å²) < 4.78 is 37.9. The van der Waals surface area contributed by atoms with Gasteiger partial charge >= 0.3 is 5.97 Å². The van der Waals surface area contributed by atoms with Gasteiger partial charge in [-0.2, -0.15) is 0 Å². The highest BCUT2D eigenvalue weighted by Crippen LogP contribution is 2.40. The van der Waals surface area contributed by atoms with Crippen LogP contribution in [0.15, 0.2) is 0 Å². The molecule has 0 spiro atoms. The fraction of sp³-hybridized carbons (Fsp3) is 0.975. The van der Waals surface area contributed by atoms with Crippen LogP contribution in [0.25, 0.3) is 0 Å². The zero-order valence-corrected chi connectivity index (χ0v) is 35.0. The van der Waals surface area contributed by atoms with Gasteiger partial charge in [0.15, 0.2) is 12.6 Å². The summed E-state index contributed by atoms with van der Waals surface area (Å²) in [5, 5.41) is 58.6. The first-order valence-corrected chi connectivity index (χ1v) is 20.4. The minimum absolute atomic E-state index is 0.135. The van der Waals surface area contributed by atoms with Crippen LogP contribution in [0, 0.1) is 17.8 Å². The molecule has 0 aliphatic carbocycles. The summed E-state index contributed by atoms with van der Waals surface area (Å²) >= 11 is 0. The monoisotopic (exact) mass is 775 g/mol. The molecule has 4 aliphatic heterocycles. The van der Waals surface area contributed by atoms with E-state index in [1.807, 2.05) is 39.6 Å². The van der Waals surface area contributed by atoms with E-state index < -0.39 is 96.0 Å². The maximum atomic E-state index is 14.3. The zero-order chi connectivity index (χ0) is 40.5. The first-order valence-electron chi connectivity index (χ1n) is 20.4. The Morgan fingerprint density at radius 2 is 1.54 bits per heavy atom. The summed E-state index contributed by atoms with van der Waals surface area (Å²) in [6.45, 7) is 20.0. The lowest BCUT2D eigenvalue weighted by Gasteiger charge is -2.49. The summed E-state index contributed by atoms with van der Waals surface area (Å²) in [7, 11) is 3.37. The number of methoxy groups -OCH3 is 1. The second-order valence-corrected chi connectivity index (χ2v) is 17.9. The normalized spacial score (nSPS) is 49.9. The van der Waals surface area contributed by atoms with Crippen molar-refractivity contribution in [3.05, 3.63) is 0 Å². The largest absolute Gasteiger partial charge is 0.459 e. The molecule has 4 fully saturated rings. The van der Waals surface area contributed by atoms with Crippen LogP contribution in [0.2, 0.25) is 0 Å². The number of likely N-dealkylation sites (tertiary alicyclic amines) is 1. The maximum Gasteiger partial charge on any atom is 0.311 e. The molecule has 0 saturated carbocycles. The predicted molar refractivity (Wildman–Crippen MR) is 201 cm³/mol. The molecule has 18 atom stereocenters. The van der Waals surface area contributed by atoms with E-state index in [0.717, 1.165) is 25.9 Å². The number of aliphatic hydroxyl groups excluding tert-OH is 3. The molecule has 0 aromatic carbocycles. The van der Waals surface area contributed by atoms with E-state index in [1.54, 1.807) is 34.6 Å². The van der Waals surface area contributed by atoms with Crippen molar-refractivity contribution in [2.75, 3.05) is 33.8 Å². The molecule has 0 radical (unpaired) electrons. The molecule has 316 valence electrons. The van der Waals surface area contributed by atoms with Gasteiger partial charge in [-0.15, -0.1) is 0 Å². The number of hydrogen-bond acceptors (Lipinski definition) is 14. The minimum Gasteiger partial charge on any atom is -0.459 e. The molecular formula is C40H74N2O12. The van der Waals surface area contributed by atoms with E-state index in [9.17, 15) is 30.3 Å². The van der Waals surface area contributed by atoms with Crippen LogP contribution < -0.4 is 0 Å². The van der Waals surface area contributed by atoms with Crippen molar-refractivity contribution in [3.8, 4) is 0 Å². The molecule has 0 aromatic rings. The third kappa shape index (κ3) is 9.98. The van der Waals surface area contributed by atoms with E-state index in [4.69, 9.17) is 28.4 Å². The Labute approximate surface area is 323 Å². The van der Waals surface area contributed by atoms with E-state index >= 15 is 0 Å². The quantitative estimate of drug-likeness (QED) is 0.238.